The Balaban J connectivity index is 2.30. The topological polar surface area (TPSA) is 49.4 Å². The summed E-state index contributed by atoms with van der Waals surface area (Å²) < 4.78 is 15.0. The zero-order valence-electron chi connectivity index (χ0n) is 16.0. The van der Waals surface area contributed by atoms with Crippen molar-refractivity contribution in [2.24, 2.45) is 0 Å². The molecule has 0 aliphatic rings. The normalized spacial score (nSPS) is 12.0. The SMILES string of the molecule is CC(C)NC(=O)[C@@H](C)N(Cc1cccc(Br)c1)C(=O)Cc1c(F)cccc1Cl. The fourth-order valence-corrected chi connectivity index (χ4v) is 3.45. The first kappa shape index (κ1) is 22.4. The second-order valence-electron chi connectivity index (χ2n) is 6.87. The van der Waals surface area contributed by atoms with Gasteiger partial charge in [0.25, 0.3) is 0 Å². The summed E-state index contributed by atoms with van der Waals surface area (Å²) in [4.78, 5) is 27.0. The monoisotopic (exact) mass is 468 g/mol. The summed E-state index contributed by atoms with van der Waals surface area (Å²) in [7, 11) is 0. The summed E-state index contributed by atoms with van der Waals surface area (Å²) in [6.07, 6.45) is -0.223. The summed E-state index contributed by atoms with van der Waals surface area (Å²) in [6.45, 7) is 5.59. The van der Waals surface area contributed by atoms with Gasteiger partial charge in [-0.15, -0.1) is 0 Å². The maximum absolute atomic E-state index is 14.1. The smallest absolute Gasteiger partial charge is 0.242 e. The quantitative estimate of drug-likeness (QED) is 0.637. The summed E-state index contributed by atoms with van der Waals surface area (Å²) in [6, 6.07) is 11.0. The van der Waals surface area contributed by atoms with Crippen LogP contribution in [0.1, 0.15) is 31.9 Å². The Morgan fingerprint density at radius 1 is 1.18 bits per heavy atom. The molecule has 0 radical (unpaired) electrons. The number of nitrogens with zero attached hydrogens (tertiary/aromatic N) is 1. The van der Waals surface area contributed by atoms with Crippen LogP contribution in [0.4, 0.5) is 4.39 Å². The van der Waals surface area contributed by atoms with E-state index in [1.807, 2.05) is 38.1 Å². The number of nitrogens with one attached hydrogen (secondary N) is 1. The molecule has 0 bridgehead atoms. The van der Waals surface area contributed by atoms with Crippen molar-refractivity contribution in [2.45, 2.75) is 45.8 Å². The maximum Gasteiger partial charge on any atom is 0.242 e. The van der Waals surface area contributed by atoms with E-state index in [-0.39, 0.29) is 41.4 Å². The number of benzene rings is 2. The van der Waals surface area contributed by atoms with Crippen molar-refractivity contribution in [3.8, 4) is 0 Å². The third kappa shape index (κ3) is 6.04. The fourth-order valence-electron chi connectivity index (χ4n) is 2.77. The van der Waals surface area contributed by atoms with Gasteiger partial charge >= 0.3 is 0 Å². The highest BCUT2D eigenvalue weighted by atomic mass is 79.9. The number of halogens is 3. The average molecular weight is 470 g/mol. The molecule has 150 valence electrons. The van der Waals surface area contributed by atoms with Crippen LogP contribution in [0.25, 0.3) is 0 Å². The van der Waals surface area contributed by atoms with Crippen molar-refractivity contribution in [2.75, 3.05) is 0 Å². The lowest BCUT2D eigenvalue weighted by molar-refractivity contribution is -0.140. The molecule has 0 aliphatic heterocycles. The minimum absolute atomic E-state index is 0.0567. The summed E-state index contributed by atoms with van der Waals surface area (Å²) in [5.41, 5.74) is 0.983. The molecule has 0 heterocycles. The van der Waals surface area contributed by atoms with Gasteiger partial charge in [-0.2, -0.15) is 0 Å². The molecule has 2 aromatic carbocycles. The molecule has 0 unspecified atom stereocenters. The number of carbonyl (C=O) groups is 2. The van der Waals surface area contributed by atoms with Crippen molar-refractivity contribution in [1.82, 2.24) is 10.2 Å². The van der Waals surface area contributed by atoms with Crippen LogP contribution in [0.3, 0.4) is 0 Å². The molecule has 1 atom stereocenters. The molecule has 1 N–H and O–H groups in total. The summed E-state index contributed by atoms with van der Waals surface area (Å²) in [5, 5.41) is 3.01. The molecule has 0 fully saturated rings. The standard InChI is InChI=1S/C21H23BrClFN2O2/c1-13(2)25-21(28)14(3)26(12-15-6-4-7-16(22)10-15)20(27)11-17-18(23)8-5-9-19(17)24/h4-10,13-14H,11-12H2,1-3H3,(H,25,28)/t14-/m1/s1. The van der Waals surface area contributed by atoms with Crippen molar-refractivity contribution in [1.29, 1.82) is 0 Å². The minimum atomic E-state index is -0.723. The third-order valence-electron chi connectivity index (χ3n) is 4.23. The van der Waals surface area contributed by atoms with E-state index >= 15 is 0 Å². The van der Waals surface area contributed by atoms with Gasteiger partial charge in [-0.3, -0.25) is 9.59 Å². The van der Waals surface area contributed by atoms with Gasteiger partial charge in [-0.1, -0.05) is 45.7 Å². The van der Waals surface area contributed by atoms with E-state index in [9.17, 15) is 14.0 Å². The van der Waals surface area contributed by atoms with Gasteiger partial charge in [0, 0.05) is 27.6 Å². The van der Waals surface area contributed by atoms with E-state index < -0.39 is 11.9 Å². The van der Waals surface area contributed by atoms with Crippen LogP contribution in [0.2, 0.25) is 5.02 Å². The lowest BCUT2D eigenvalue weighted by Crippen LogP contribution is -2.49. The van der Waals surface area contributed by atoms with Crippen LogP contribution >= 0.6 is 27.5 Å². The van der Waals surface area contributed by atoms with Crippen LogP contribution < -0.4 is 5.32 Å². The minimum Gasteiger partial charge on any atom is -0.352 e. The van der Waals surface area contributed by atoms with E-state index in [1.165, 1.54) is 17.0 Å². The molecule has 0 saturated heterocycles. The van der Waals surface area contributed by atoms with Gasteiger partial charge in [0.15, 0.2) is 0 Å². The fraction of sp³-hybridized carbons (Fsp3) is 0.333. The van der Waals surface area contributed by atoms with Crippen LogP contribution in [0.15, 0.2) is 46.9 Å². The number of hydrogen-bond donors (Lipinski definition) is 1. The molecule has 2 amide bonds. The van der Waals surface area contributed by atoms with Crippen LogP contribution in [0, 0.1) is 5.82 Å². The lowest BCUT2D eigenvalue weighted by atomic mass is 10.1. The van der Waals surface area contributed by atoms with Gasteiger partial charge in [0.1, 0.15) is 11.9 Å². The molecule has 28 heavy (non-hydrogen) atoms. The number of hydrogen-bond acceptors (Lipinski definition) is 2. The second-order valence-corrected chi connectivity index (χ2v) is 8.19. The van der Waals surface area contributed by atoms with Crippen LogP contribution in [0.5, 0.6) is 0 Å². The van der Waals surface area contributed by atoms with Gasteiger partial charge in [0.2, 0.25) is 11.8 Å². The Labute approximate surface area is 178 Å². The zero-order chi connectivity index (χ0) is 20.8. The van der Waals surface area contributed by atoms with Gasteiger partial charge < -0.3 is 10.2 Å². The predicted octanol–water partition coefficient (Wildman–Crippen LogP) is 4.73. The number of rotatable bonds is 7. The largest absolute Gasteiger partial charge is 0.352 e. The highest BCUT2D eigenvalue weighted by Gasteiger charge is 2.27. The van der Waals surface area contributed by atoms with Crippen molar-refractivity contribution in [3.63, 3.8) is 0 Å². The first-order chi connectivity index (χ1) is 13.2. The Morgan fingerprint density at radius 2 is 1.86 bits per heavy atom. The highest BCUT2D eigenvalue weighted by Crippen LogP contribution is 2.22. The Kier molecular flexibility index (Phi) is 8.01. The molecule has 0 aliphatic carbocycles. The van der Waals surface area contributed by atoms with Crippen LogP contribution in [-0.4, -0.2) is 28.8 Å². The van der Waals surface area contributed by atoms with E-state index in [1.54, 1.807) is 13.0 Å². The molecule has 7 heteroatoms. The van der Waals surface area contributed by atoms with E-state index in [2.05, 4.69) is 21.2 Å². The maximum atomic E-state index is 14.1. The number of amides is 2. The van der Waals surface area contributed by atoms with E-state index in [0.717, 1.165) is 10.0 Å². The summed E-state index contributed by atoms with van der Waals surface area (Å²) in [5.74, 6) is -1.18. The highest BCUT2D eigenvalue weighted by molar-refractivity contribution is 9.10. The van der Waals surface area contributed by atoms with Gasteiger partial charge in [0.05, 0.1) is 6.42 Å². The van der Waals surface area contributed by atoms with Crippen molar-refractivity contribution in [3.05, 3.63) is 68.9 Å². The molecule has 0 aromatic heterocycles. The van der Waals surface area contributed by atoms with E-state index in [0.29, 0.717) is 0 Å². The van der Waals surface area contributed by atoms with Gasteiger partial charge in [-0.05, 0) is 50.6 Å². The predicted molar refractivity (Wildman–Crippen MR) is 113 cm³/mol. The van der Waals surface area contributed by atoms with Crippen molar-refractivity contribution >= 4 is 39.3 Å². The first-order valence-electron chi connectivity index (χ1n) is 8.96. The molecule has 2 aromatic rings. The molecule has 0 spiro atoms. The van der Waals surface area contributed by atoms with Crippen LogP contribution in [-0.2, 0) is 22.6 Å². The Hall–Kier alpha value is -1.92. The molecule has 0 saturated carbocycles. The average Bonchev–Trinajstić information content (AvgIpc) is 2.61. The van der Waals surface area contributed by atoms with Crippen molar-refractivity contribution < 1.29 is 14.0 Å². The Bertz CT molecular complexity index is 840. The molecular weight excluding hydrogens is 447 g/mol. The first-order valence-corrected chi connectivity index (χ1v) is 10.1. The molecular formula is C21H23BrClFN2O2. The number of carbonyl (C=O) groups excluding carboxylic acids is 2. The lowest BCUT2D eigenvalue weighted by Gasteiger charge is -2.29. The summed E-state index contributed by atoms with van der Waals surface area (Å²) >= 11 is 9.48. The Morgan fingerprint density at radius 3 is 2.46 bits per heavy atom. The zero-order valence-corrected chi connectivity index (χ0v) is 18.3. The van der Waals surface area contributed by atoms with E-state index in [4.69, 9.17) is 11.6 Å². The third-order valence-corrected chi connectivity index (χ3v) is 5.08. The second kappa shape index (κ2) is 10.0. The van der Waals surface area contributed by atoms with Gasteiger partial charge in [-0.25, -0.2) is 4.39 Å². The molecule has 4 nitrogen and oxygen atoms in total. The molecule has 2 rings (SSSR count).